The Bertz CT molecular complexity index is 7130. The molecule has 12 aromatic rings. The second-order valence-electron chi connectivity index (χ2n) is 41.7. The third kappa shape index (κ3) is 22.1. The number of rotatable bonds is 19. The smallest absolute Gasteiger partial charge is 0.314 e. The molecule has 1 unspecified atom stereocenters. The van der Waals surface area contributed by atoms with Gasteiger partial charge in [0.15, 0.2) is 33.7 Å². The number of carbonyl (C=O) groups is 8. The SMILES string of the molecule is CC(=O)OBr.CN1C(=O)C(C)(c2ccc(N)cc2)CC1(C)C.CN1C(=O)[C@@](C)(c2ccc(Cc3nc(-c4c(F)cccc4F)nc4c3C(=O)NC4)cc2)CC1(C)C.CN1C(=O)[C@@](C)(c2ccc(N)cc2)CC1(C)C.COc1ccc(CN2Cc3nc(-c4c(F)cccc4F)nc(Cc4ccc([C@@]5(C)CC(C)(C)N(C)C5=O)cc4)c3C2=O)c(OC)c1.COc1ccc(CN2Cc3nc(-c4c(F)cccc4F)nc(Cl)c3C2=O)c(OC)c1. The number of anilines is 2. The first-order valence-electron chi connectivity index (χ1n) is 48.4. The van der Waals surface area contributed by atoms with Crippen LogP contribution in [0.5, 0.6) is 23.0 Å². The number of fused-ring (bicyclic) bond motifs is 3. The van der Waals surface area contributed by atoms with E-state index in [0.717, 1.165) is 105 Å². The number of likely N-dealkylation sites (tertiary alicyclic amines) is 4. The second-order valence-corrected chi connectivity index (χ2v) is 42.4. The van der Waals surface area contributed by atoms with Gasteiger partial charge < -0.3 is 69.0 Å². The van der Waals surface area contributed by atoms with E-state index in [2.05, 4.69) is 111 Å². The molecule has 4 saturated heterocycles. The van der Waals surface area contributed by atoms with Crippen molar-refractivity contribution in [2.45, 2.75) is 205 Å². The van der Waals surface area contributed by atoms with Crippen molar-refractivity contribution in [1.29, 1.82) is 0 Å². The molecule has 786 valence electrons. The van der Waals surface area contributed by atoms with Crippen LogP contribution in [0.1, 0.15) is 220 Å². The molecular formula is C114H121BrClF6N15O13. The summed E-state index contributed by atoms with van der Waals surface area (Å²) in [6.45, 7) is 26.8. The van der Waals surface area contributed by atoms with Gasteiger partial charge in [-0.05, 0) is 227 Å². The van der Waals surface area contributed by atoms with Crippen molar-refractivity contribution in [2.75, 3.05) is 68.1 Å². The molecule has 9 aromatic carbocycles. The van der Waals surface area contributed by atoms with Crippen LogP contribution in [0, 0.1) is 34.9 Å². The summed E-state index contributed by atoms with van der Waals surface area (Å²) in [7, 11) is 13.6. The summed E-state index contributed by atoms with van der Waals surface area (Å²) in [5.74, 6) is -3.53. The van der Waals surface area contributed by atoms with Crippen molar-refractivity contribution in [3.05, 3.63) is 318 Å². The van der Waals surface area contributed by atoms with Gasteiger partial charge in [0.05, 0.1) is 139 Å². The molecule has 36 heteroatoms. The molecule has 0 saturated carbocycles. The van der Waals surface area contributed by atoms with Crippen molar-refractivity contribution in [3.63, 3.8) is 0 Å². The minimum Gasteiger partial charge on any atom is -0.497 e. The lowest BCUT2D eigenvalue weighted by Gasteiger charge is -2.27. The highest BCUT2D eigenvalue weighted by Gasteiger charge is 2.56. The van der Waals surface area contributed by atoms with Gasteiger partial charge in [-0.15, -0.1) is 0 Å². The number of hydrogen-bond acceptors (Lipinski definition) is 21. The number of aromatic nitrogens is 6. The Morgan fingerprint density at radius 2 is 0.673 bits per heavy atom. The van der Waals surface area contributed by atoms with E-state index in [1.165, 1.54) is 37.1 Å². The molecule has 3 aromatic heterocycles. The molecule has 0 aliphatic carbocycles. The van der Waals surface area contributed by atoms with Crippen molar-refractivity contribution < 1.29 is 87.5 Å². The van der Waals surface area contributed by atoms with Crippen LogP contribution in [-0.4, -0.2) is 185 Å². The summed E-state index contributed by atoms with van der Waals surface area (Å²) >= 11 is 8.67. The number of nitrogens with one attached hydrogen (secondary N) is 1. The first-order valence-corrected chi connectivity index (χ1v) is 49.4. The molecule has 7 aliphatic rings. The van der Waals surface area contributed by atoms with E-state index < -0.39 is 56.6 Å². The summed E-state index contributed by atoms with van der Waals surface area (Å²) in [5.41, 5.74) is 18.8. The molecule has 10 heterocycles. The molecule has 19 rings (SSSR count). The van der Waals surface area contributed by atoms with Gasteiger partial charge in [0.25, 0.3) is 17.7 Å². The van der Waals surface area contributed by atoms with Crippen LogP contribution in [0.3, 0.4) is 0 Å². The fraction of sp³-hybridized carbons (Fsp3) is 0.351. The number of likely N-dealkylation sites (N-methyl/N-ethyl adjacent to an activating group) is 4. The van der Waals surface area contributed by atoms with Crippen LogP contribution in [0.2, 0.25) is 5.15 Å². The first-order chi connectivity index (χ1) is 70.6. The third-order valence-electron chi connectivity index (χ3n) is 29.7. The van der Waals surface area contributed by atoms with E-state index in [1.807, 2.05) is 169 Å². The van der Waals surface area contributed by atoms with Crippen molar-refractivity contribution >= 4 is 86.6 Å². The number of amides is 7. The molecule has 5 N–H and O–H groups in total. The molecule has 28 nitrogen and oxygen atoms in total. The van der Waals surface area contributed by atoms with Gasteiger partial charge >= 0.3 is 5.97 Å². The summed E-state index contributed by atoms with van der Waals surface area (Å²) in [6.07, 6.45) is 3.53. The summed E-state index contributed by atoms with van der Waals surface area (Å²) in [6, 6.07) is 51.9. The fourth-order valence-corrected chi connectivity index (χ4v) is 21.2. The highest BCUT2D eigenvalue weighted by Crippen LogP contribution is 2.50. The van der Waals surface area contributed by atoms with E-state index in [1.54, 1.807) is 66.4 Å². The van der Waals surface area contributed by atoms with Gasteiger partial charge in [-0.25, -0.2) is 56.2 Å². The van der Waals surface area contributed by atoms with Gasteiger partial charge in [0.2, 0.25) is 23.6 Å². The molecule has 0 radical (unpaired) electrons. The van der Waals surface area contributed by atoms with Gasteiger partial charge in [0.1, 0.15) is 68.6 Å². The zero-order chi connectivity index (χ0) is 109. The number of benzene rings is 9. The van der Waals surface area contributed by atoms with Gasteiger partial charge in [-0.2, -0.15) is 0 Å². The zero-order valence-electron chi connectivity index (χ0n) is 87.5. The predicted molar refractivity (Wildman–Crippen MR) is 561 cm³/mol. The normalized spacial score (nSPS) is 19.6. The second kappa shape index (κ2) is 43.4. The monoisotopic (exact) mass is 2140 g/mol. The predicted octanol–water partition coefficient (Wildman–Crippen LogP) is 19.7. The number of carbonyl (C=O) groups excluding carboxylic acids is 8. The molecule has 150 heavy (non-hydrogen) atoms. The molecule has 7 aliphatic heterocycles. The molecule has 0 spiro atoms. The lowest BCUT2D eigenvalue weighted by atomic mass is 9.77. The van der Waals surface area contributed by atoms with E-state index in [0.29, 0.717) is 75.4 Å². The van der Waals surface area contributed by atoms with Crippen molar-refractivity contribution in [1.82, 2.24) is 64.6 Å². The Balaban J connectivity index is 0.000000152. The summed E-state index contributed by atoms with van der Waals surface area (Å²) in [4.78, 5) is 136. The van der Waals surface area contributed by atoms with Crippen LogP contribution < -0.4 is 35.7 Å². The number of ether oxygens (including phenoxy) is 4. The Morgan fingerprint density at radius 3 is 0.967 bits per heavy atom. The number of hydrogen-bond donors (Lipinski definition) is 3. The number of nitrogen functional groups attached to an aromatic ring is 2. The third-order valence-corrected chi connectivity index (χ3v) is 30.4. The topological polar surface area (TPSA) is 344 Å². The minimum atomic E-state index is -0.810. The number of nitrogens with two attached hydrogens (primary N) is 2. The average Bonchev–Trinajstić information content (AvgIpc) is 1.60. The number of halogens is 8. The Kier molecular flexibility index (Phi) is 32.0. The Morgan fingerprint density at radius 1 is 0.387 bits per heavy atom. The highest BCUT2D eigenvalue weighted by molar-refractivity contribution is 9.06. The summed E-state index contributed by atoms with van der Waals surface area (Å²) < 4.78 is 112. The van der Waals surface area contributed by atoms with Crippen molar-refractivity contribution in [3.8, 4) is 57.2 Å². The molecule has 4 atom stereocenters. The van der Waals surface area contributed by atoms with Crippen LogP contribution in [0.25, 0.3) is 34.2 Å². The van der Waals surface area contributed by atoms with Crippen LogP contribution >= 0.6 is 27.9 Å². The lowest BCUT2D eigenvalue weighted by Crippen LogP contribution is -2.38. The van der Waals surface area contributed by atoms with E-state index >= 15 is 0 Å². The molecule has 0 bridgehead atoms. The lowest BCUT2D eigenvalue weighted by molar-refractivity contribution is -0.133. The first kappa shape index (κ1) is 111. The maximum absolute atomic E-state index is 14.9. The van der Waals surface area contributed by atoms with Crippen LogP contribution in [-0.2, 0) is 95.0 Å². The number of nitrogens with zero attached hydrogens (tertiary/aromatic N) is 12. The largest absolute Gasteiger partial charge is 0.497 e. The van der Waals surface area contributed by atoms with E-state index in [4.69, 9.17) is 42.0 Å². The maximum atomic E-state index is 14.9. The van der Waals surface area contributed by atoms with Gasteiger partial charge in [0, 0.05) is 105 Å². The molecule has 7 amide bonds. The fourth-order valence-electron chi connectivity index (χ4n) is 20.9. The zero-order valence-corrected chi connectivity index (χ0v) is 89.9. The number of methoxy groups -OCH3 is 4. The molecule has 4 fully saturated rings. The maximum Gasteiger partial charge on any atom is 0.314 e. The standard InChI is InChI=1S/C36H36F2N4O4.C27H26F2N4O2.C21H16ClF2N3O3.2C14H20N2O.C2H3BrO2/c1-35(2)20-36(3,34(44)41(35)4)23-13-10-21(11-14-23)16-27-31-28(40-32(39-27)30-25(37)8-7-9-26(30)38)19-42(33(31)43)18-22-12-15-24(45-5)17-29(22)46-6;1-26(2)14-27(3,25(35)33(26)4)16-10-8-15(9-11-16)12-19-22-20(13-30-24(22)34)32-23(31-19)21-17(28)6-5-7-18(21)29;1-29-12-7-6-11(16(8-12)30-2)9-27-10-15-18(21(27)28)19(22)26-20(25-15)17-13(23)4-3-5-14(17)24;2*1-13(2)9-14(3,12(17)16(13)4)10-5-7-11(15)8-6-10;1-2(4)5-3/h7-15,17H,16,18-20H2,1-6H3;5-11H,12-14H2,1-4H3,(H,30,34);3-8H,9-10H2,1-2H3;2*5-8H,9,15H2,1-4H3;1H3/t36-;27-;;14-;;/m11.1../s1. The quantitative estimate of drug-likeness (QED) is 0.0384. The average molecular weight is 2140 g/mol. The summed E-state index contributed by atoms with van der Waals surface area (Å²) in [5, 5.41) is 2.57. The van der Waals surface area contributed by atoms with Gasteiger partial charge in [-0.1, -0.05) is 103 Å². The Hall–Kier alpha value is -14.9. The van der Waals surface area contributed by atoms with Crippen LogP contribution in [0.4, 0.5) is 37.7 Å². The van der Waals surface area contributed by atoms with Crippen molar-refractivity contribution in [2.24, 2.45) is 0 Å². The molecular weight excluding hydrogens is 2020 g/mol. The highest BCUT2D eigenvalue weighted by atomic mass is 79.9. The minimum absolute atomic E-state index is 0.0644. The van der Waals surface area contributed by atoms with E-state index in [-0.39, 0.29) is 160 Å². The van der Waals surface area contributed by atoms with Gasteiger partial charge in [-0.3, -0.25) is 38.4 Å². The Labute approximate surface area is 881 Å². The van der Waals surface area contributed by atoms with Crippen LogP contribution in [0.15, 0.2) is 188 Å². The van der Waals surface area contributed by atoms with E-state index in [9.17, 15) is 64.7 Å².